The maximum absolute atomic E-state index is 12.5. The standard InChI is InChI=1S/C18H16ClNO6S/c1-9(16(22)15-4-3-12(27-15)7-20-10(2)21)26-18(23)11-5-13(19)17-14(6-11)24-8-25-17/h3-6,9H,7-8H2,1-2H3,(H,20,21). The van der Waals surface area contributed by atoms with Gasteiger partial charge in [-0.3, -0.25) is 9.59 Å². The summed E-state index contributed by atoms with van der Waals surface area (Å²) in [5.41, 5.74) is 0.168. The third-order valence-corrected chi connectivity index (χ3v) is 5.11. The molecule has 1 aromatic heterocycles. The maximum atomic E-state index is 12.5. The Bertz CT molecular complexity index is 909. The van der Waals surface area contributed by atoms with Crippen molar-refractivity contribution >= 4 is 40.6 Å². The fourth-order valence-corrected chi connectivity index (χ4v) is 3.62. The highest BCUT2D eigenvalue weighted by Crippen LogP contribution is 2.40. The van der Waals surface area contributed by atoms with Crippen molar-refractivity contribution in [3.8, 4) is 11.5 Å². The summed E-state index contributed by atoms with van der Waals surface area (Å²) in [6, 6.07) is 6.27. The van der Waals surface area contributed by atoms with E-state index in [4.69, 9.17) is 25.8 Å². The van der Waals surface area contributed by atoms with E-state index in [-0.39, 0.29) is 29.1 Å². The minimum atomic E-state index is -0.978. The largest absolute Gasteiger partial charge is 0.454 e. The Labute approximate surface area is 164 Å². The van der Waals surface area contributed by atoms with Gasteiger partial charge in [0.2, 0.25) is 18.5 Å². The number of fused-ring (bicyclic) bond motifs is 1. The van der Waals surface area contributed by atoms with Crippen molar-refractivity contribution < 1.29 is 28.6 Å². The Morgan fingerprint density at radius 2 is 2.07 bits per heavy atom. The molecular weight excluding hydrogens is 394 g/mol. The molecule has 2 aromatic rings. The molecule has 0 aliphatic carbocycles. The number of halogens is 1. The molecule has 1 aromatic carbocycles. The van der Waals surface area contributed by atoms with Crippen molar-refractivity contribution in [2.45, 2.75) is 26.5 Å². The number of hydrogen-bond donors (Lipinski definition) is 1. The Morgan fingerprint density at radius 3 is 2.81 bits per heavy atom. The number of benzene rings is 1. The van der Waals surface area contributed by atoms with Gasteiger partial charge in [0.15, 0.2) is 17.6 Å². The van der Waals surface area contributed by atoms with Crippen LogP contribution in [0.3, 0.4) is 0 Å². The number of hydrogen-bond acceptors (Lipinski definition) is 7. The molecule has 1 aliphatic rings. The molecule has 0 fully saturated rings. The normalized spacial score (nSPS) is 13.1. The van der Waals surface area contributed by atoms with E-state index in [1.165, 1.54) is 37.3 Å². The minimum absolute atomic E-state index is 0.0294. The van der Waals surface area contributed by atoms with E-state index in [1.807, 2.05) is 0 Å². The number of Topliss-reactive ketones (excluding diaryl/α,β-unsaturated/α-hetero) is 1. The Hall–Kier alpha value is -2.58. The van der Waals surface area contributed by atoms with Gasteiger partial charge in [0.05, 0.1) is 22.0 Å². The van der Waals surface area contributed by atoms with Crippen LogP contribution in [-0.4, -0.2) is 30.6 Å². The summed E-state index contributed by atoms with van der Waals surface area (Å²) < 4.78 is 15.7. The van der Waals surface area contributed by atoms with E-state index in [0.717, 1.165) is 4.88 Å². The van der Waals surface area contributed by atoms with Crippen LogP contribution in [0.4, 0.5) is 0 Å². The molecule has 1 aliphatic heterocycles. The molecule has 1 unspecified atom stereocenters. The summed E-state index contributed by atoms with van der Waals surface area (Å²) in [7, 11) is 0. The van der Waals surface area contributed by atoms with Gasteiger partial charge in [0.1, 0.15) is 0 Å². The van der Waals surface area contributed by atoms with Crippen LogP contribution in [0.2, 0.25) is 5.02 Å². The van der Waals surface area contributed by atoms with Crippen molar-refractivity contribution in [2.75, 3.05) is 6.79 Å². The number of carbonyl (C=O) groups is 3. The second-order valence-electron chi connectivity index (χ2n) is 5.78. The smallest absolute Gasteiger partial charge is 0.339 e. The highest BCUT2D eigenvalue weighted by molar-refractivity contribution is 7.14. The SMILES string of the molecule is CC(=O)NCc1ccc(C(=O)C(C)OC(=O)c2cc(Cl)c3c(c2)OCO3)s1. The zero-order valence-corrected chi connectivity index (χ0v) is 16.1. The second kappa shape index (κ2) is 7.98. The van der Waals surface area contributed by atoms with Crippen LogP contribution in [0.5, 0.6) is 11.5 Å². The van der Waals surface area contributed by atoms with Crippen molar-refractivity contribution in [1.82, 2.24) is 5.32 Å². The first kappa shape index (κ1) is 19.2. The molecule has 27 heavy (non-hydrogen) atoms. The monoisotopic (exact) mass is 409 g/mol. The third kappa shape index (κ3) is 4.40. The molecule has 2 heterocycles. The molecule has 0 bridgehead atoms. The molecule has 3 rings (SSSR count). The number of ether oxygens (including phenoxy) is 3. The zero-order chi connectivity index (χ0) is 19.6. The number of nitrogens with one attached hydrogen (secondary N) is 1. The predicted octanol–water partition coefficient (Wildman–Crippen LogP) is 3.19. The molecule has 142 valence electrons. The number of ketones is 1. The fourth-order valence-electron chi connectivity index (χ4n) is 2.38. The molecule has 0 spiro atoms. The third-order valence-electron chi connectivity index (χ3n) is 3.73. The van der Waals surface area contributed by atoms with Gasteiger partial charge in [-0.05, 0) is 31.2 Å². The highest BCUT2D eigenvalue weighted by atomic mass is 35.5. The molecule has 1 atom stereocenters. The first-order valence-electron chi connectivity index (χ1n) is 8.02. The zero-order valence-electron chi connectivity index (χ0n) is 14.5. The van der Waals surface area contributed by atoms with Crippen LogP contribution in [-0.2, 0) is 16.1 Å². The van der Waals surface area contributed by atoms with Gasteiger partial charge in [-0.1, -0.05) is 11.6 Å². The molecule has 0 radical (unpaired) electrons. The first-order valence-corrected chi connectivity index (χ1v) is 9.22. The van der Waals surface area contributed by atoms with Gasteiger partial charge >= 0.3 is 5.97 Å². The number of rotatable bonds is 6. The van der Waals surface area contributed by atoms with E-state index in [1.54, 1.807) is 12.1 Å². The Kier molecular flexibility index (Phi) is 5.67. The van der Waals surface area contributed by atoms with Crippen molar-refractivity contribution in [3.63, 3.8) is 0 Å². The van der Waals surface area contributed by atoms with E-state index in [9.17, 15) is 14.4 Å². The van der Waals surface area contributed by atoms with Crippen LogP contribution < -0.4 is 14.8 Å². The average molecular weight is 410 g/mol. The van der Waals surface area contributed by atoms with Crippen molar-refractivity contribution in [2.24, 2.45) is 0 Å². The number of thiophene rings is 1. The summed E-state index contributed by atoms with van der Waals surface area (Å²) >= 11 is 7.30. The lowest BCUT2D eigenvalue weighted by Gasteiger charge is -2.12. The molecule has 9 heteroatoms. The van der Waals surface area contributed by atoms with E-state index in [2.05, 4.69) is 5.32 Å². The first-order chi connectivity index (χ1) is 12.8. The number of esters is 1. The summed E-state index contributed by atoms with van der Waals surface area (Å²) in [5, 5.41) is 2.90. The van der Waals surface area contributed by atoms with Crippen LogP contribution in [0.25, 0.3) is 0 Å². The number of amides is 1. The molecule has 7 nitrogen and oxygen atoms in total. The van der Waals surface area contributed by atoms with Gasteiger partial charge in [0, 0.05) is 11.8 Å². The summed E-state index contributed by atoms with van der Waals surface area (Å²) in [6.45, 7) is 3.30. The molecule has 0 saturated heterocycles. The van der Waals surface area contributed by atoms with Gasteiger partial charge in [-0.25, -0.2) is 4.79 Å². The Morgan fingerprint density at radius 1 is 1.30 bits per heavy atom. The quantitative estimate of drug-likeness (QED) is 0.582. The summed E-state index contributed by atoms with van der Waals surface area (Å²) in [6.07, 6.45) is -0.978. The average Bonchev–Trinajstić information content (AvgIpc) is 3.28. The van der Waals surface area contributed by atoms with Crippen LogP contribution in [0.1, 0.15) is 38.8 Å². The molecule has 1 N–H and O–H groups in total. The van der Waals surface area contributed by atoms with Crippen LogP contribution >= 0.6 is 22.9 Å². The van der Waals surface area contributed by atoms with Gasteiger partial charge in [-0.15, -0.1) is 11.3 Å². The van der Waals surface area contributed by atoms with E-state index in [0.29, 0.717) is 22.9 Å². The second-order valence-corrected chi connectivity index (χ2v) is 7.35. The molecular formula is C18H16ClNO6S. The van der Waals surface area contributed by atoms with Crippen LogP contribution in [0, 0.1) is 0 Å². The van der Waals surface area contributed by atoms with Crippen LogP contribution in [0.15, 0.2) is 24.3 Å². The fraction of sp³-hybridized carbons (Fsp3) is 0.278. The lowest BCUT2D eigenvalue weighted by Crippen LogP contribution is -2.23. The van der Waals surface area contributed by atoms with Gasteiger partial charge < -0.3 is 19.5 Å². The minimum Gasteiger partial charge on any atom is -0.454 e. The Balaban J connectivity index is 1.65. The summed E-state index contributed by atoms with van der Waals surface area (Å²) in [4.78, 5) is 37.1. The van der Waals surface area contributed by atoms with Crippen molar-refractivity contribution in [3.05, 3.63) is 44.6 Å². The lowest BCUT2D eigenvalue weighted by molar-refractivity contribution is -0.119. The maximum Gasteiger partial charge on any atom is 0.339 e. The van der Waals surface area contributed by atoms with E-state index >= 15 is 0 Å². The molecule has 0 saturated carbocycles. The summed E-state index contributed by atoms with van der Waals surface area (Å²) in [5.74, 6) is -0.432. The molecule has 1 amide bonds. The van der Waals surface area contributed by atoms with E-state index < -0.39 is 12.1 Å². The topological polar surface area (TPSA) is 90.9 Å². The number of carbonyl (C=O) groups excluding carboxylic acids is 3. The highest BCUT2D eigenvalue weighted by Gasteiger charge is 2.25. The van der Waals surface area contributed by atoms with Crippen molar-refractivity contribution in [1.29, 1.82) is 0 Å². The lowest BCUT2D eigenvalue weighted by atomic mass is 10.2. The van der Waals surface area contributed by atoms with Gasteiger partial charge in [0.25, 0.3) is 0 Å². The predicted molar refractivity (Wildman–Crippen MR) is 98.6 cm³/mol. The van der Waals surface area contributed by atoms with Gasteiger partial charge in [-0.2, -0.15) is 0 Å².